The van der Waals surface area contributed by atoms with Crippen LogP contribution in [0.3, 0.4) is 0 Å². The van der Waals surface area contributed by atoms with Gasteiger partial charge in [0.05, 0.1) is 16.8 Å². The minimum atomic E-state index is -0.630. The predicted molar refractivity (Wildman–Crippen MR) is 67.0 cm³/mol. The minimum absolute atomic E-state index is 0.0118. The van der Waals surface area contributed by atoms with E-state index in [1.54, 1.807) is 6.07 Å². The zero-order valence-corrected chi connectivity index (χ0v) is 10.9. The van der Waals surface area contributed by atoms with E-state index in [4.69, 9.17) is 9.31 Å². The summed E-state index contributed by atoms with van der Waals surface area (Å²) in [6, 6.07) is 3.00. The van der Waals surface area contributed by atoms with Crippen molar-refractivity contribution in [1.29, 1.82) is 0 Å². The van der Waals surface area contributed by atoms with Crippen LogP contribution in [0.5, 0.6) is 5.75 Å². The van der Waals surface area contributed by atoms with Crippen molar-refractivity contribution in [1.82, 2.24) is 4.98 Å². The van der Waals surface area contributed by atoms with Crippen LogP contribution in [-0.2, 0) is 9.31 Å². The molecule has 1 aliphatic heterocycles. The van der Waals surface area contributed by atoms with E-state index >= 15 is 0 Å². The van der Waals surface area contributed by atoms with Crippen molar-refractivity contribution in [3.05, 3.63) is 17.8 Å². The van der Waals surface area contributed by atoms with Gasteiger partial charge in [-0.1, -0.05) is 0 Å². The van der Waals surface area contributed by atoms with Crippen molar-refractivity contribution in [3.63, 3.8) is 0 Å². The van der Waals surface area contributed by atoms with Gasteiger partial charge in [-0.15, -0.1) is 0 Å². The standard InChI is InChI=1S/C12H16BNO4/c1-11(2)12(3,4)18-13(17-11)10-6-5-9(16)8(7-15)14-10/h5-7,16H,1-4H3. The van der Waals surface area contributed by atoms with Crippen LogP contribution in [0.2, 0.25) is 0 Å². The van der Waals surface area contributed by atoms with Gasteiger partial charge in [0.15, 0.2) is 6.29 Å². The molecule has 1 N–H and O–H groups in total. The number of hydrogen-bond donors (Lipinski definition) is 1. The first-order valence-corrected chi connectivity index (χ1v) is 5.77. The predicted octanol–water partition coefficient (Wildman–Crippen LogP) is 0.899. The highest BCUT2D eigenvalue weighted by atomic mass is 16.7. The maximum absolute atomic E-state index is 10.7. The minimum Gasteiger partial charge on any atom is -0.506 e. The lowest BCUT2D eigenvalue weighted by molar-refractivity contribution is 0.00578. The number of aromatic nitrogens is 1. The van der Waals surface area contributed by atoms with Crippen molar-refractivity contribution < 1.29 is 19.2 Å². The topological polar surface area (TPSA) is 68.7 Å². The Labute approximate surface area is 106 Å². The van der Waals surface area contributed by atoms with Crippen LogP contribution in [0.1, 0.15) is 38.2 Å². The van der Waals surface area contributed by atoms with Crippen LogP contribution in [-0.4, -0.2) is 34.7 Å². The Hall–Kier alpha value is -1.40. The Balaban J connectivity index is 2.32. The largest absolute Gasteiger partial charge is 0.514 e. The van der Waals surface area contributed by atoms with E-state index in [-0.39, 0.29) is 11.4 Å². The molecule has 18 heavy (non-hydrogen) atoms. The fourth-order valence-electron chi connectivity index (χ4n) is 1.67. The van der Waals surface area contributed by atoms with E-state index in [1.165, 1.54) is 6.07 Å². The molecule has 2 heterocycles. The second kappa shape index (κ2) is 4.07. The zero-order chi connectivity index (χ0) is 13.6. The molecule has 0 amide bonds. The summed E-state index contributed by atoms with van der Waals surface area (Å²) >= 11 is 0. The lowest BCUT2D eigenvalue weighted by atomic mass is 9.84. The van der Waals surface area contributed by atoms with Crippen LogP contribution in [0.25, 0.3) is 0 Å². The van der Waals surface area contributed by atoms with Gasteiger partial charge < -0.3 is 14.4 Å². The third-order valence-electron chi connectivity index (χ3n) is 3.53. The third-order valence-corrected chi connectivity index (χ3v) is 3.53. The van der Waals surface area contributed by atoms with Crippen molar-refractivity contribution in [2.75, 3.05) is 0 Å². The molecular formula is C12H16BNO4. The van der Waals surface area contributed by atoms with E-state index in [0.717, 1.165) is 0 Å². The molecule has 1 aromatic rings. The quantitative estimate of drug-likeness (QED) is 0.622. The Kier molecular flexibility index (Phi) is 2.95. The molecule has 1 fully saturated rings. The molecule has 1 saturated heterocycles. The van der Waals surface area contributed by atoms with Crippen LogP contribution < -0.4 is 5.59 Å². The fourth-order valence-corrected chi connectivity index (χ4v) is 1.67. The summed E-state index contributed by atoms with van der Waals surface area (Å²) in [5.41, 5.74) is -0.451. The van der Waals surface area contributed by atoms with Gasteiger partial charge in [0.1, 0.15) is 11.4 Å². The van der Waals surface area contributed by atoms with Gasteiger partial charge in [0.25, 0.3) is 0 Å². The van der Waals surface area contributed by atoms with Gasteiger partial charge in [-0.3, -0.25) is 4.79 Å². The normalized spacial score (nSPS) is 21.0. The van der Waals surface area contributed by atoms with E-state index < -0.39 is 18.3 Å². The summed E-state index contributed by atoms with van der Waals surface area (Å²) in [5, 5.41) is 9.41. The van der Waals surface area contributed by atoms with Gasteiger partial charge in [-0.25, -0.2) is 4.98 Å². The SMILES string of the molecule is CC1(C)OB(c2ccc(O)c(C=O)n2)OC1(C)C. The summed E-state index contributed by atoms with van der Waals surface area (Å²) in [6.07, 6.45) is 0.504. The van der Waals surface area contributed by atoms with Gasteiger partial charge in [0, 0.05) is 0 Å². The third kappa shape index (κ3) is 2.02. The Morgan fingerprint density at radius 1 is 1.22 bits per heavy atom. The second-order valence-corrected chi connectivity index (χ2v) is 5.35. The number of aldehydes is 1. The zero-order valence-electron chi connectivity index (χ0n) is 10.9. The number of rotatable bonds is 2. The Morgan fingerprint density at radius 2 is 1.78 bits per heavy atom. The molecule has 0 atom stereocenters. The average molecular weight is 249 g/mol. The maximum Gasteiger partial charge on any atom is 0.514 e. The first-order chi connectivity index (χ1) is 8.27. The Morgan fingerprint density at radius 3 is 2.28 bits per heavy atom. The van der Waals surface area contributed by atoms with Crippen molar-refractivity contribution >= 4 is 19.0 Å². The highest BCUT2D eigenvalue weighted by molar-refractivity contribution is 6.61. The summed E-state index contributed by atoms with van der Waals surface area (Å²) in [4.78, 5) is 14.8. The summed E-state index contributed by atoms with van der Waals surface area (Å²) in [5.74, 6) is -0.148. The average Bonchev–Trinajstić information content (AvgIpc) is 2.49. The molecule has 0 bridgehead atoms. The van der Waals surface area contributed by atoms with Gasteiger partial charge in [-0.05, 0) is 39.8 Å². The highest BCUT2D eigenvalue weighted by Gasteiger charge is 2.52. The molecule has 96 valence electrons. The highest BCUT2D eigenvalue weighted by Crippen LogP contribution is 2.36. The summed E-state index contributed by atoms with van der Waals surface area (Å²) < 4.78 is 11.6. The number of carbonyl (C=O) groups excluding carboxylic acids is 1. The molecule has 0 radical (unpaired) electrons. The number of hydrogen-bond acceptors (Lipinski definition) is 5. The molecule has 0 aromatic carbocycles. The van der Waals surface area contributed by atoms with Crippen LogP contribution in [0.4, 0.5) is 0 Å². The molecule has 0 spiro atoms. The first kappa shape index (κ1) is 13.0. The molecule has 0 unspecified atom stereocenters. The molecule has 1 aliphatic rings. The first-order valence-electron chi connectivity index (χ1n) is 5.77. The summed E-state index contributed by atoms with van der Waals surface area (Å²) in [7, 11) is -0.630. The van der Waals surface area contributed by atoms with Crippen molar-refractivity contribution in [2.45, 2.75) is 38.9 Å². The van der Waals surface area contributed by atoms with Crippen LogP contribution in [0.15, 0.2) is 12.1 Å². The molecule has 0 saturated carbocycles. The smallest absolute Gasteiger partial charge is 0.506 e. The van der Waals surface area contributed by atoms with Gasteiger partial charge >= 0.3 is 7.12 Å². The van der Waals surface area contributed by atoms with E-state index in [2.05, 4.69) is 4.98 Å². The molecule has 6 heteroatoms. The van der Waals surface area contributed by atoms with E-state index in [9.17, 15) is 9.90 Å². The van der Waals surface area contributed by atoms with E-state index in [0.29, 0.717) is 11.9 Å². The molecule has 0 aliphatic carbocycles. The lowest BCUT2D eigenvalue weighted by Crippen LogP contribution is -2.41. The molecule has 2 rings (SSSR count). The molecule has 1 aromatic heterocycles. The van der Waals surface area contributed by atoms with Crippen LogP contribution in [0, 0.1) is 0 Å². The second-order valence-electron chi connectivity index (χ2n) is 5.35. The lowest BCUT2D eigenvalue weighted by Gasteiger charge is -2.32. The maximum atomic E-state index is 10.7. The molecular weight excluding hydrogens is 233 g/mol. The summed E-state index contributed by atoms with van der Waals surface area (Å²) in [6.45, 7) is 7.75. The fraction of sp³-hybridized carbons (Fsp3) is 0.500. The molecule has 5 nitrogen and oxygen atoms in total. The number of nitrogens with zero attached hydrogens (tertiary/aromatic N) is 1. The van der Waals surface area contributed by atoms with Crippen molar-refractivity contribution in [2.24, 2.45) is 0 Å². The number of aromatic hydroxyl groups is 1. The van der Waals surface area contributed by atoms with Gasteiger partial charge in [0.2, 0.25) is 0 Å². The van der Waals surface area contributed by atoms with E-state index in [1.807, 2.05) is 27.7 Å². The number of pyridine rings is 1. The van der Waals surface area contributed by atoms with Crippen LogP contribution >= 0.6 is 0 Å². The van der Waals surface area contributed by atoms with Gasteiger partial charge in [-0.2, -0.15) is 0 Å². The Bertz CT molecular complexity index is 471. The monoisotopic (exact) mass is 249 g/mol. The van der Waals surface area contributed by atoms with Crippen molar-refractivity contribution in [3.8, 4) is 5.75 Å². The number of carbonyl (C=O) groups is 1.